The third kappa shape index (κ3) is 13.3. The van der Waals surface area contributed by atoms with Crippen LogP contribution in [0.3, 0.4) is 0 Å². The zero-order valence-corrected chi connectivity index (χ0v) is 68.3. The van der Waals surface area contributed by atoms with Gasteiger partial charge in [0.15, 0.2) is 0 Å². The molecule has 0 radical (unpaired) electrons. The minimum absolute atomic E-state index is 0.00315. The van der Waals surface area contributed by atoms with Crippen LogP contribution < -0.4 is 0 Å². The fraction of sp³-hybridized carbons (Fsp3) is 0.865. The number of likely N-dealkylation sites (tertiary alicyclic amines) is 6. The van der Waals surface area contributed by atoms with Crippen LogP contribution in [0, 0.1) is 141 Å². The predicted molar refractivity (Wildman–Crippen MR) is 407 cm³/mol. The van der Waals surface area contributed by atoms with Crippen molar-refractivity contribution in [2.24, 2.45) is 141 Å². The van der Waals surface area contributed by atoms with E-state index in [1.165, 1.54) is 122 Å². The summed E-state index contributed by atoms with van der Waals surface area (Å²) in [5, 5.41) is 0. The van der Waals surface area contributed by atoms with Crippen LogP contribution in [0.1, 0.15) is 309 Å². The van der Waals surface area contributed by atoms with Crippen LogP contribution in [0.15, 0.2) is 0 Å². The molecular formula is C89H136N6O12. The van der Waals surface area contributed by atoms with E-state index in [9.17, 15) is 57.5 Å². The van der Waals surface area contributed by atoms with E-state index in [0.717, 1.165) is 107 Å². The Balaban J connectivity index is 0.000000114. The normalized spacial score (nSPS) is 39.3. The van der Waals surface area contributed by atoms with Gasteiger partial charge >= 0.3 is 0 Å². The summed E-state index contributed by atoms with van der Waals surface area (Å²) in [4.78, 5) is 157. The molecule has 0 aromatic rings. The molecule has 18 rings (SSSR count). The van der Waals surface area contributed by atoms with Crippen molar-refractivity contribution >= 4 is 70.9 Å². The van der Waals surface area contributed by atoms with Crippen molar-refractivity contribution in [2.75, 3.05) is 0 Å². The second-order valence-corrected chi connectivity index (χ2v) is 39.5. The van der Waals surface area contributed by atoms with E-state index < -0.39 is 10.8 Å². The number of hydrogen-bond acceptors (Lipinski definition) is 12. The Kier molecular flexibility index (Phi) is 23.2. The SMILES string of the molecule is CCC(C)(C)C(=O)N1C(=O)C2C3CC(C4CCCC43)C21.CCC(C)(C)C(=O)N1C(=O)C2C3CCC(C3)C21.CCC(C)(C)C(=O)N1C(=O)C2CCCCCCC21.CCC(C)C(=O)N1C(=O)C2C3CC(C4CCCC43)C21.CCC(C)C(=O)N1C(=O)C2C3CCC(C3)C21.CCC(C)C(=O)N1C(=O)C2CCCCCCC21. The molecule has 6 aliphatic heterocycles. The van der Waals surface area contributed by atoms with Gasteiger partial charge in [-0.2, -0.15) is 0 Å². The highest BCUT2D eigenvalue weighted by molar-refractivity contribution is 6.07. The van der Waals surface area contributed by atoms with Gasteiger partial charge in [-0.25, -0.2) is 0 Å². The summed E-state index contributed by atoms with van der Waals surface area (Å²) in [6.07, 6.45) is 36.2. The van der Waals surface area contributed by atoms with Gasteiger partial charge in [0.1, 0.15) is 0 Å². The summed E-state index contributed by atoms with van der Waals surface area (Å²) in [7, 11) is 0. The summed E-state index contributed by atoms with van der Waals surface area (Å²) in [5.74, 6) is 10.5. The second kappa shape index (κ2) is 31.1. The summed E-state index contributed by atoms with van der Waals surface area (Å²) in [6, 6.07) is 1.54. The smallest absolute Gasteiger partial charge is 0.235 e. The number of amides is 12. The molecule has 0 spiro atoms. The first kappa shape index (κ1) is 79.9. The van der Waals surface area contributed by atoms with Gasteiger partial charge in [-0.1, -0.05) is 168 Å². The molecule has 27 unspecified atom stereocenters. The first-order chi connectivity index (χ1) is 50.9. The zero-order valence-electron chi connectivity index (χ0n) is 68.3. The Morgan fingerprint density at radius 1 is 0.299 bits per heavy atom. The molecular weight excluding hydrogens is 1350 g/mol. The number of β-lactam (4-membered cyclic amide) rings is 6. The Hall–Kier alpha value is -5.16. The van der Waals surface area contributed by atoms with E-state index in [-0.39, 0.29) is 160 Å². The number of carbonyl (C=O) groups is 12. The molecule has 18 aliphatic rings. The number of imide groups is 6. The van der Waals surface area contributed by atoms with Gasteiger partial charge in [0, 0.05) is 34.0 Å². The van der Waals surface area contributed by atoms with Crippen LogP contribution in [-0.2, 0) is 57.5 Å². The zero-order chi connectivity index (χ0) is 77.1. The van der Waals surface area contributed by atoms with Gasteiger partial charge in [0.2, 0.25) is 70.9 Å². The molecule has 12 amide bonds. The van der Waals surface area contributed by atoms with E-state index in [0.29, 0.717) is 53.4 Å². The van der Waals surface area contributed by atoms with E-state index >= 15 is 0 Å². The minimum Gasteiger partial charge on any atom is -0.278 e. The quantitative estimate of drug-likeness (QED) is 0.166. The van der Waals surface area contributed by atoms with E-state index in [1.54, 1.807) is 29.4 Å². The number of rotatable bonds is 12. The van der Waals surface area contributed by atoms with Gasteiger partial charge < -0.3 is 0 Å². The van der Waals surface area contributed by atoms with Gasteiger partial charge in [-0.3, -0.25) is 86.9 Å². The van der Waals surface area contributed by atoms with E-state index in [4.69, 9.17) is 0 Å². The van der Waals surface area contributed by atoms with E-state index in [2.05, 4.69) is 0 Å². The maximum atomic E-state index is 12.7. The second-order valence-electron chi connectivity index (χ2n) is 39.5. The van der Waals surface area contributed by atoms with Gasteiger partial charge in [0.05, 0.1) is 71.8 Å². The van der Waals surface area contributed by atoms with Gasteiger partial charge in [-0.05, 0) is 212 Å². The van der Waals surface area contributed by atoms with Crippen molar-refractivity contribution in [3.63, 3.8) is 0 Å². The summed E-state index contributed by atoms with van der Waals surface area (Å²) in [6.45, 7) is 29.6. The summed E-state index contributed by atoms with van der Waals surface area (Å²) >= 11 is 0. The van der Waals surface area contributed by atoms with Gasteiger partial charge in [-0.15, -0.1) is 0 Å². The Bertz CT molecular complexity index is 3470. The number of nitrogens with zero attached hydrogens (tertiary/aromatic N) is 6. The van der Waals surface area contributed by atoms with Crippen LogP contribution in [0.2, 0.25) is 0 Å². The largest absolute Gasteiger partial charge is 0.278 e. The molecule has 0 aromatic carbocycles. The molecule has 107 heavy (non-hydrogen) atoms. The van der Waals surface area contributed by atoms with Crippen molar-refractivity contribution in [3.05, 3.63) is 0 Å². The monoisotopic (exact) mass is 1480 g/mol. The highest BCUT2D eigenvalue weighted by atomic mass is 16.2. The lowest BCUT2D eigenvalue weighted by atomic mass is 9.66. The Morgan fingerprint density at radius 2 is 0.598 bits per heavy atom. The topological polar surface area (TPSA) is 224 Å². The first-order valence-electron chi connectivity index (χ1n) is 44.1. The average molecular weight is 1480 g/mol. The van der Waals surface area contributed by atoms with Gasteiger partial charge in [0.25, 0.3) is 0 Å². The third-order valence-corrected chi connectivity index (χ3v) is 33.2. The summed E-state index contributed by atoms with van der Waals surface area (Å²) in [5.41, 5.74) is -1.18. The van der Waals surface area contributed by atoms with Crippen LogP contribution in [0.25, 0.3) is 0 Å². The molecule has 18 heteroatoms. The molecule has 0 N–H and O–H groups in total. The highest BCUT2D eigenvalue weighted by Crippen LogP contribution is 2.68. The standard InChI is InChI=1S/C17H25NO2.C16H23NO2.C15H25NO2.C14H21NO2.C14H23NO2.C13H19NO2/c1-4-17(2,3)16(20)18-14-12-8-11(13(14)15(18)19)9-6-5-7-10(9)12;1-3-8(2)15(18)17-14-12-7-11(13(14)16(17)19)9-5-4-6-10(9)12;1-4-15(2,3)14(18)16-12-10-8-6-5-7-9-11(12)13(16)17;1-4-14(2,3)13(17)15-11-9-6-5-8(7-9)10(11)12(15)16;1-3-10(2)13(16)15-12-9-7-5-4-6-8-11(12)14(15)17;1-3-7(2)12(15)14-11-9-5-4-8(6-9)10(11)13(14)16/h9-14H,4-8H2,1-3H3;8-14H,3-7H2,1-2H3;11-12H,4-10H2,1-3H3;8-11H,4-7H2,1-3H3;10-12H,3-9H2,1-2H3;7-11H,3-6H2,1-2H3. The highest BCUT2D eigenvalue weighted by Gasteiger charge is 2.72. The fourth-order valence-electron chi connectivity index (χ4n) is 25.2. The molecule has 18 fully saturated rings. The van der Waals surface area contributed by atoms with E-state index in [1.807, 2.05) is 104 Å². The molecule has 6 saturated heterocycles. The molecule has 18 nitrogen and oxygen atoms in total. The van der Waals surface area contributed by atoms with Crippen LogP contribution in [0.4, 0.5) is 0 Å². The molecule has 12 saturated carbocycles. The first-order valence-corrected chi connectivity index (χ1v) is 44.1. The van der Waals surface area contributed by atoms with Crippen LogP contribution >= 0.6 is 0 Å². The van der Waals surface area contributed by atoms with Crippen LogP contribution in [0.5, 0.6) is 0 Å². The number of fused-ring (bicyclic) bond motifs is 28. The Labute approximate surface area is 640 Å². The lowest BCUT2D eigenvalue weighted by Gasteiger charge is -2.53. The summed E-state index contributed by atoms with van der Waals surface area (Å²) < 4.78 is 0. The lowest BCUT2D eigenvalue weighted by molar-refractivity contribution is -0.179. The number of carbonyl (C=O) groups excluding carboxylic acids is 12. The number of hydrogen-bond donors (Lipinski definition) is 0. The molecule has 6 heterocycles. The predicted octanol–water partition coefficient (Wildman–Crippen LogP) is 15.2. The molecule has 594 valence electrons. The minimum atomic E-state index is -0.400. The van der Waals surface area contributed by atoms with Crippen molar-refractivity contribution in [2.45, 2.75) is 346 Å². The fourth-order valence-corrected chi connectivity index (χ4v) is 25.2. The maximum Gasteiger partial charge on any atom is 0.235 e. The molecule has 0 aromatic heterocycles. The van der Waals surface area contributed by atoms with Crippen LogP contribution in [-0.4, -0.2) is 137 Å². The van der Waals surface area contributed by atoms with Crippen molar-refractivity contribution in [1.29, 1.82) is 0 Å². The van der Waals surface area contributed by atoms with Crippen molar-refractivity contribution in [1.82, 2.24) is 29.4 Å². The molecule has 12 aliphatic carbocycles. The molecule has 27 atom stereocenters. The maximum absolute atomic E-state index is 12.7. The third-order valence-electron chi connectivity index (χ3n) is 33.2. The Morgan fingerprint density at radius 3 is 1.01 bits per heavy atom. The lowest BCUT2D eigenvalue weighted by Crippen LogP contribution is -2.68. The average Bonchev–Trinajstić information content (AvgIpc) is 1.53. The van der Waals surface area contributed by atoms with Crippen molar-refractivity contribution in [3.8, 4) is 0 Å². The molecule has 8 bridgehead atoms. The van der Waals surface area contributed by atoms with Crippen molar-refractivity contribution < 1.29 is 57.5 Å².